The molecule has 0 bridgehead atoms. The molecule has 2 heteroatoms. The van der Waals surface area contributed by atoms with Crippen molar-refractivity contribution >= 4 is 17.8 Å². The second kappa shape index (κ2) is 4.20. The Morgan fingerprint density at radius 1 is 1.36 bits per heavy atom. The van der Waals surface area contributed by atoms with E-state index in [1.54, 1.807) is 0 Å². The van der Waals surface area contributed by atoms with Crippen molar-refractivity contribution < 1.29 is 4.74 Å². The molecule has 1 fully saturated rings. The fourth-order valence-electron chi connectivity index (χ4n) is 1.44. The van der Waals surface area contributed by atoms with E-state index in [9.17, 15) is 0 Å². The monoisotopic (exact) mass is 206 g/mol. The first kappa shape index (κ1) is 9.81. The van der Waals surface area contributed by atoms with E-state index in [-0.39, 0.29) is 4.93 Å². The summed E-state index contributed by atoms with van der Waals surface area (Å²) in [6.45, 7) is 2.98. The van der Waals surface area contributed by atoms with Crippen LogP contribution in [0.5, 0.6) is 0 Å². The maximum Gasteiger partial charge on any atom is 0.129 e. The van der Waals surface area contributed by atoms with Crippen LogP contribution in [0.25, 0.3) is 6.08 Å². The normalized spacial score (nSPS) is 27.2. The van der Waals surface area contributed by atoms with Crippen molar-refractivity contribution in [3.05, 3.63) is 42.0 Å². The van der Waals surface area contributed by atoms with Crippen LogP contribution >= 0.6 is 11.8 Å². The average molecular weight is 206 g/mol. The number of thioether (sulfide) groups is 1. The van der Waals surface area contributed by atoms with E-state index in [4.69, 9.17) is 4.74 Å². The molecule has 1 aromatic rings. The lowest BCUT2D eigenvalue weighted by atomic mass is 10.2. The van der Waals surface area contributed by atoms with Gasteiger partial charge in [-0.25, -0.2) is 0 Å². The molecule has 0 aliphatic carbocycles. The zero-order valence-corrected chi connectivity index (χ0v) is 9.09. The summed E-state index contributed by atoms with van der Waals surface area (Å²) in [7, 11) is 0. The van der Waals surface area contributed by atoms with Crippen LogP contribution in [0.1, 0.15) is 12.5 Å². The molecule has 0 radical (unpaired) electrons. The lowest BCUT2D eigenvalue weighted by molar-refractivity contribution is 0.102. The number of hydrogen-bond acceptors (Lipinski definition) is 2. The lowest BCUT2D eigenvalue weighted by Crippen LogP contribution is -2.14. The maximum atomic E-state index is 5.64. The van der Waals surface area contributed by atoms with Crippen molar-refractivity contribution in [3.8, 4) is 0 Å². The molecular formula is C12H14OS. The Bertz CT molecular complexity index is 312. The average Bonchev–Trinajstić information content (AvgIpc) is 2.65. The van der Waals surface area contributed by atoms with E-state index in [2.05, 4.69) is 31.2 Å². The molecule has 0 saturated carbocycles. The van der Waals surface area contributed by atoms with Crippen LogP contribution in [0.15, 0.2) is 36.4 Å². The largest absolute Gasteiger partial charge is 0.360 e. The van der Waals surface area contributed by atoms with Gasteiger partial charge < -0.3 is 4.74 Å². The van der Waals surface area contributed by atoms with Crippen molar-refractivity contribution in [3.63, 3.8) is 0 Å². The zero-order valence-electron chi connectivity index (χ0n) is 8.27. The van der Waals surface area contributed by atoms with Crippen LogP contribution in [0.2, 0.25) is 0 Å². The molecule has 1 atom stereocenters. The quantitative estimate of drug-likeness (QED) is 0.735. The van der Waals surface area contributed by atoms with Crippen molar-refractivity contribution in [2.24, 2.45) is 0 Å². The summed E-state index contributed by atoms with van der Waals surface area (Å²) in [5, 5.41) is 0. The smallest absolute Gasteiger partial charge is 0.129 e. The van der Waals surface area contributed by atoms with E-state index < -0.39 is 0 Å². The zero-order chi connectivity index (χ0) is 9.86. The molecule has 74 valence electrons. The molecular weight excluding hydrogens is 192 g/mol. The van der Waals surface area contributed by atoms with Gasteiger partial charge in [0.2, 0.25) is 0 Å². The first-order valence-electron chi connectivity index (χ1n) is 4.81. The topological polar surface area (TPSA) is 9.23 Å². The fourth-order valence-corrected chi connectivity index (χ4v) is 2.34. The molecule has 1 heterocycles. The highest BCUT2D eigenvalue weighted by atomic mass is 32.2. The Morgan fingerprint density at radius 3 is 2.79 bits per heavy atom. The predicted octanol–water partition coefficient (Wildman–Crippen LogP) is 3.18. The van der Waals surface area contributed by atoms with Crippen LogP contribution in [-0.2, 0) is 4.74 Å². The van der Waals surface area contributed by atoms with Crippen molar-refractivity contribution in [1.82, 2.24) is 0 Å². The van der Waals surface area contributed by atoms with Gasteiger partial charge in [0.25, 0.3) is 0 Å². The number of hydrogen-bond donors (Lipinski definition) is 0. The van der Waals surface area contributed by atoms with Crippen molar-refractivity contribution in [1.29, 1.82) is 0 Å². The molecule has 1 aliphatic rings. The van der Waals surface area contributed by atoms with E-state index in [0.717, 1.165) is 12.4 Å². The Kier molecular flexibility index (Phi) is 2.94. The molecule has 0 amide bonds. The minimum Gasteiger partial charge on any atom is -0.360 e. The van der Waals surface area contributed by atoms with Gasteiger partial charge in [0.05, 0.1) is 6.61 Å². The molecule has 14 heavy (non-hydrogen) atoms. The number of rotatable bonds is 2. The second-order valence-corrected chi connectivity index (χ2v) is 4.96. The molecule has 0 spiro atoms. The Morgan fingerprint density at radius 2 is 2.14 bits per heavy atom. The minimum absolute atomic E-state index is 0.115. The summed E-state index contributed by atoms with van der Waals surface area (Å²) in [4.78, 5) is -0.115. The molecule has 1 aromatic carbocycles. The van der Waals surface area contributed by atoms with Crippen LogP contribution in [0.3, 0.4) is 0 Å². The fraction of sp³-hybridized carbons (Fsp3) is 0.333. The molecule has 1 nitrogen and oxygen atoms in total. The summed E-state index contributed by atoms with van der Waals surface area (Å²) in [6, 6.07) is 10.3. The lowest BCUT2D eigenvalue weighted by Gasteiger charge is -2.16. The maximum absolute atomic E-state index is 5.64. The van der Waals surface area contributed by atoms with Crippen LogP contribution < -0.4 is 0 Å². The number of benzene rings is 1. The van der Waals surface area contributed by atoms with Gasteiger partial charge in [-0.3, -0.25) is 0 Å². The van der Waals surface area contributed by atoms with Gasteiger partial charge in [0.15, 0.2) is 0 Å². The Labute approximate surface area is 89.2 Å². The molecule has 0 aromatic heterocycles. The number of ether oxygens (including phenoxy) is 1. The molecule has 1 unspecified atom stereocenters. The summed E-state index contributed by atoms with van der Waals surface area (Å²) < 4.78 is 5.64. The highest BCUT2D eigenvalue weighted by Gasteiger charge is 2.26. The van der Waals surface area contributed by atoms with Gasteiger partial charge >= 0.3 is 0 Å². The SMILES string of the molecule is CC1(/C=C/c2ccccc2)OCCS1. The van der Waals surface area contributed by atoms with Gasteiger partial charge in [-0.1, -0.05) is 36.4 Å². The van der Waals surface area contributed by atoms with E-state index in [0.29, 0.717) is 0 Å². The third kappa shape index (κ3) is 2.40. The van der Waals surface area contributed by atoms with Crippen molar-refractivity contribution in [2.45, 2.75) is 11.9 Å². The Hall–Kier alpha value is -0.730. The summed E-state index contributed by atoms with van der Waals surface area (Å²) >= 11 is 1.85. The third-order valence-electron chi connectivity index (χ3n) is 2.24. The minimum atomic E-state index is -0.115. The molecule has 1 saturated heterocycles. The van der Waals surface area contributed by atoms with E-state index in [1.807, 2.05) is 30.0 Å². The first-order chi connectivity index (χ1) is 6.79. The van der Waals surface area contributed by atoms with Crippen LogP contribution in [0.4, 0.5) is 0 Å². The summed E-state index contributed by atoms with van der Waals surface area (Å²) in [6.07, 6.45) is 4.26. The summed E-state index contributed by atoms with van der Waals surface area (Å²) in [5.41, 5.74) is 1.23. The van der Waals surface area contributed by atoms with Gasteiger partial charge in [-0.2, -0.15) is 0 Å². The van der Waals surface area contributed by atoms with E-state index in [1.165, 1.54) is 5.56 Å². The van der Waals surface area contributed by atoms with Crippen LogP contribution in [-0.4, -0.2) is 17.3 Å². The van der Waals surface area contributed by atoms with Crippen molar-refractivity contribution in [2.75, 3.05) is 12.4 Å². The molecule has 1 aliphatic heterocycles. The van der Waals surface area contributed by atoms with Gasteiger partial charge in [-0.15, -0.1) is 11.8 Å². The van der Waals surface area contributed by atoms with Gasteiger partial charge in [-0.05, 0) is 18.6 Å². The van der Waals surface area contributed by atoms with Gasteiger partial charge in [0.1, 0.15) is 4.93 Å². The molecule has 2 rings (SSSR count). The van der Waals surface area contributed by atoms with E-state index >= 15 is 0 Å². The standard InChI is InChI=1S/C12H14OS/c1-12(13-9-10-14-12)8-7-11-5-3-2-4-6-11/h2-8H,9-10H2,1H3/b8-7+. The highest BCUT2D eigenvalue weighted by molar-refractivity contribution is 8.00. The van der Waals surface area contributed by atoms with Crippen LogP contribution in [0, 0.1) is 0 Å². The van der Waals surface area contributed by atoms with Gasteiger partial charge in [0, 0.05) is 5.75 Å². The highest BCUT2D eigenvalue weighted by Crippen LogP contribution is 2.33. The first-order valence-corrected chi connectivity index (χ1v) is 5.79. The molecule has 0 N–H and O–H groups in total. The summed E-state index contributed by atoms with van der Waals surface area (Å²) in [5.74, 6) is 1.09. The predicted molar refractivity (Wildman–Crippen MR) is 62.3 cm³/mol. The second-order valence-electron chi connectivity index (χ2n) is 3.46. The Balaban J connectivity index is 2.06. The third-order valence-corrected chi connectivity index (χ3v) is 3.44.